The molecule has 212 valence electrons. The van der Waals surface area contributed by atoms with Crippen molar-refractivity contribution in [3.8, 4) is 11.3 Å². The van der Waals surface area contributed by atoms with Crippen molar-refractivity contribution in [1.82, 2.24) is 29.3 Å². The topological polar surface area (TPSA) is 120 Å². The van der Waals surface area contributed by atoms with Gasteiger partial charge in [-0.3, -0.25) is 9.59 Å². The number of hydrogen-bond donors (Lipinski definition) is 2. The molecule has 12 heteroatoms. The molecule has 2 amide bonds. The Kier molecular flexibility index (Phi) is 7.75. The second-order valence-electron chi connectivity index (χ2n) is 11.8. The highest BCUT2D eigenvalue weighted by molar-refractivity contribution is 6.76. The number of carbonyl (C=O) groups is 2. The monoisotopic (exact) mass is 581 g/mol. The summed E-state index contributed by atoms with van der Waals surface area (Å²) in [6.07, 6.45) is 5.40. The highest BCUT2D eigenvalue weighted by Gasteiger charge is 2.32. The fourth-order valence-electron chi connectivity index (χ4n) is 4.85. The van der Waals surface area contributed by atoms with E-state index in [1.54, 1.807) is 28.8 Å². The van der Waals surface area contributed by atoms with Crippen molar-refractivity contribution in [2.24, 2.45) is 12.8 Å². The lowest BCUT2D eigenvalue weighted by molar-refractivity contribution is -0.137. The Morgan fingerprint density at radius 1 is 1.25 bits per heavy atom. The van der Waals surface area contributed by atoms with Crippen molar-refractivity contribution in [3.05, 3.63) is 47.4 Å². The second kappa shape index (κ2) is 11.0. The highest BCUT2D eigenvalue weighted by Crippen LogP contribution is 2.32. The van der Waals surface area contributed by atoms with Crippen LogP contribution in [-0.2, 0) is 23.3 Å². The molecule has 1 atom stereocenters. The Balaban J connectivity index is 1.48. The van der Waals surface area contributed by atoms with E-state index in [0.717, 1.165) is 22.5 Å². The molecular formula is C28H36ClN7O3Si. The van der Waals surface area contributed by atoms with Crippen molar-refractivity contribution in [3.63, 3.8) is 0 Å². The summed E-state index contributed by atoms with van der Waals surface area (Å²) >= 11 is 6.23. The number of aryl methyl sites for hydroxylation is 1. The molecule has 5 rings (SSSR count). The van der Waals surface area contributed by atoms with E-state index in [-0.39, 0.29) is 18.7 Å². The number of nitrogens with two attached hydrogens (primary N) is 1. The van der Waals surface area contributed by atoms with Crippen molar-refractivity contribution in [2.45, 2.75) is 51.4 Å². The van der Waals surface area contributed by atoms with Gasteiger partial charge in [0.2, 0.25) is 5.91 Å². The van der Waals surface area contributed by atoms with Crippen LogP contribution in [0, 0.1) is 0 Å². The number of aromatic nitrogens is 4. The van der Waals surface area contributed by atoms with Crippen LogP contribution in [-0.4, -0.2) is 75.7 Å². The predicted molar refractivity (Wildman–Crippen MR) is 160 cm³/mol. The van der Waals surface area contributed by atoms with Crippen LogP contribution < -0.4 is 11.1 Å². The molecule has 1 aromatic carbocycles. The molecule has 10 nitrogen and oxygen atoms in total. The number of halogens is 1. The number of benzene rings is 1. The van der Waals surface area contributed by atoms with E-state index in [4.69, 9.17) is 32.0 Å². The van der Waals surface area contributed by atoms with Gasteiger partial charge in [-0.1, -0.05) is 37.3 Å². The molecule has 1 aliphatic rings. The maximum atomic E-state index is 13.5. The van der Waals surface area contributed by atoms with Gasteiger partial charge in [-0.25, -0.2) is 9.97 Å². The first kappa shape index (κ1) is 28.3. The minimum absolute atomic E-state index is 0.00966. The quantitative estimate of drug-likeness (QED) is 0.229. The van der Waals surface area contributed by atoms with Gasteiger partial charge in [-0.2, -0.15) is 0 Å². The lowest BCUT2D eigenvalue weighted by Crippen LogP contribution is -2.61. The Morgan fingerprint density at radius 3 is 2.70 bits per heavy atom. The van der Waals surface area contributed by atoms with Gasteiger partial charge in [0.15, 0.2) is 5.65 Å². The van der Waals surface area contributed by atoms with Crippen LogP contribution >= 0.6 is 11.6 Å². The average molecular weight is 582 g/mol. The number of nitrogens with zero attached hydrogens (tertiary/aromatic N) is 5. The normalized spacial score (nSPS) is 15.0. The van der Waals surface area contributed by atoms with E-state index in [2.05, 4.69) is 25.0 Å². The van der Waals surface area contributed by atoms with Gasteiger partial charge in [-0.15, -0.1) is 0 Å². The molecule has 0 radical (unpaired) electrons. The summed E-state index contributed by atoms with van der Waals surface area (Å²) in [6.45, 7) is 10.5. The summed E-state index contributed by atoms with van der Waals surface area (Å²) in [7, 11) is 0.696. The van der Waals surface area contributed by atoms with Crippen LogP contribution in [0.4, 0.5) is 0 Å². The fraction of sp³-hybridized carbons (Fsp3) is 0.429. The standard InChI is InChI=1S/C28H36ClN7O3Si/c1-17(28(38)35-12-19(30)13-35)32-27(37)22-15-36(16-39-8-9-40(3,4)5)26-25(22)33-23(11-31-26)21-14-34(2)24-10-18(29)6-7-20(21)24/h6-7,10-11,14-15,17,19H,8-9,12-13,16,30H2,1-5H3,(H,32,37)/t17-/m1/s1. The minimum Gasteiger partial charge on any atom is -0.361 e. The number of fused-ring (bicyclic) bond motifs is 2. The first-order valence-electron chi connectivity index (χ1n) is 13.4. The summed E-state index contributed by atoms with van der Waals surface area (Å²) in [5, 5.41) is 4.47. The summed E-state index contributed by atoms with van der Waals surface area (Å²) in [5.41, 5.74) is 9.62. The van der Waals surface area contributed by atoms with Crippen LogP contribution in [0.1, 0.15) is 17.3 Å². The smallest absolute Gasteiger partial charge is 0.255 e. The van der Waals surface area contributed by atoms with Crippen molar-refractivity contribution < 1.29 is 14.3 Å². The van der Waals surface area contributed by atoms with Crippen LogP contribution in [0.25, 0.3) is 33.3 Å². The van der Waals surface area contributed by atoms with Crippen LogP contribution in [0.3, 0.4) is 0 Å². The Bertz CT molecular complexity index is 1590. The van der Waals surface area contributed by atoms with Gasteiger partial charge >= 0.3 is 0 Å². The zero-order chi connectivity index (χ0) is 28.8. The highest BCUT2D eigenvalue weighted by atomic mass is 35.5. The van der Waals surface area contributed by atoms with E-state index < -0.39 is 20.0 Å². The molecule has 0 saturated carbocycles. The predicted octanol–water partition coefficient (Wildman–Crippen LogP) is 3.84. The zero-order valence-corrected chi connectivity index (χ0v) is 25.3. The summed E-state index contributed by atoms with van der Waals surface area (Å²) in [5.74, 6) is -0.553. The van der Waals surface area contributed by atoms with Crippen LogP contribution in [0.5, 0.6) is 0 Å². The fourth-order valence-corrected chi connectivity index (χ4v) is 5.77. The van der Waals surface area contributed by atoms with E-state index in [1.807, 2.05) is 36.0 Å². The van der Waals surface area contributed by atoms with E-state index in [9.17, 15) is 9.59 Å². The Labute approximate surface area is 239 Å². The van der Waals surface area contributed by atoms with E-state index in [1.165, 1.54) is 0 Å². The molecular weight excluding hydrogens is 546 g/mol. The van der Waals surface area contributed by atoms with Gasteiger partial charge in [-0.05, 0) is 25.1 Å². The molecule has 1 fully saturated rings. The molecule has 0 aliphatic carbocycles. The molecule has 4 heterocycles. The lowest BCUT2D eigenvalue weighted by Gasteiger charge is -2.38. The number of carbonyl (C=O) groups excluding carboxylic acids is 2. The van der Waals surface area contributed by atoms with Crippen LogP contribution in [0.15, 0.2) is 36.8 Å². The molecule has 40 heavy (non-hydrogen) atoms. The third kappa shape index (κ3) is 5.78. The number of likely N-dealkylation sites (tertiary alicyclic amines) is 1. The number of amides is 2. The Hall–Kier alpha value is -3.25. The molecule has 0 unspecified atom stereocenters. The zero-order valence-electron chi connectivity index (χ0n) is 23.6. The molecule has 0 bridgehead atoms. The molecule has 3 aromatic heterocycles. The van der Waals surface area contributed by atoms with Gasteiger partial charge < -0.3 is 29.8 Å². The van der Waals surface area contributed by atoms with Crippen molar-refractivity contribution in [1.29, 1.82) is 0 Å². The molecule has 1 aliphatic heterocycles. The molecule has 3 N–H and O–H groups in total. The number of ether oxygens (including phenoxy) is 1. The minimum atomic E-state index is -1.25. The third-order valence-electron chi connectivity index (χ3n) is 7.20. The number of rotatable bonds is 9. The largest absolute Gasteiger partial charge is 0.361 e. The van der Waals surface area contributed by atoms with E-state index >= 15 is 0 Å². The number of hydrogen-bond acceptors (Lipinski definition) is 6. The maximum absolute atomic E-state index is 13.5. The summed E-state index contributed by atoms with van der Waals surface area (Å²) < 4.78 is 9.77. The first-order valence-corrected chi connectivity index (χ1v) is 17.5. The lowest BCUT2D eigenvalue weighted by atomic mass is 10.1. The van der Waals surface area contributed by atoms with Crippen LogP contribution in [0.2, 0.25) is 30.7 Å². The summed E-state index contributed by atoms with van der Waals surface area (Å²) in [6, 6.07) is 6.02. The molecule has 0 spiro atoms. The number of nitrogens with one attached hydrogen (secondary N) is 1. The van der Waals surface area contributed by atoms with E-state index in [0.29, 0.717) is 47.1 Å². The maximum Gasteiger partial charge on any atom is 0.255 e. The van der Waals surface area contributed by atoms with Gasteiger partial charge in [0.25, 0.3) is 5.91 Å². The van der Waals surface area contributed by atoms with Gasteiger partial charge in [0.05, 0.1) is 17.5 Å². The summed E-state index contributed by atoms with van der Waals surface area (Å²) in [4.78, 5) is 37.5. The second-order valence-corrected chi connectivity index (χ2v) is 17.9. The Morgan fingerprint density at radius 2 is 2.00 bits per heavy atom. The van der Waals surface area contributed by atoms with Gasteiger partial charge in [0, 0.05) is 74.7 Å². The third-order valence-corrected chi connectivity index (χ3v) is 9.14. The van der Waals surface area contributed by atoms with Crippen molar-refractivity contribution >= 4 is 53.6 Å². The average Bonchev–Trinajstić information content (AvgIpc) is 3.40. The van der Waals surface area contributed by atoms with Crippen molar-refractivity contribution in [2.75, 3.05) is 19.7 Å². The molecule has 1 saturated heterocycles. The first-order chi connectivity index (χ1) is 18.9. The SMILES string of the molecule is C[C@@H](NC(=O)c1cn(COCC[Si](C)(C)C)c2ncc(-c3cn(C)c4cc(Cl)ccc34)nc12)C(=O)N1CC(N)C1. The molecule has 4 aromatic rings. The van der Waals surface area contributed by atoms with Gasteiger partial charge in [0.1, 0.15) is 18.3 Å².